The third kappa shape index (κ3) is 2.88. The van der Waals surface area contributed by atoms with Crippen LogP contribution in [0.2, 0.25) is 0 Å². The van der Waals surface area contributed by atoms with E-state index in [4.69, 9.17) is 9.37 Å². The van der Waals surface area contributed by atoms with Crippen molar-refractivity contribution in [1.82, 2.24) is 10.3 Å². The lowest BCUT2D eigenvalue weighted by atomic mass is 10.1. The molecule has 0 amide bonds. The van der Waals surface area contributed by atoms with Crippen molar-refractivity contribution in [2.75, 3.05) is 31.4 Å². The number of hydrogen-bond donors (Lipinski definition) is 1. The molecule has 134 valence electrons. The number of aromatic nitrogens is 2. The van der Waals surface area contributed by atoms with Crippen LogP contribution in [-0.4, -0.2) is 42.4 Å². The molecular formula is C16H15N5O5. The molecular weight excluding hydrogens is 342 g/mol. The molecule has 0 atom stereocenters. The summed E-state index contributed by atoms with van der Waals surface area (Å²) in [5.41, 5.74) is 1.48. The number of nitrogens with one attached hydrogen (secondary N) is 1. The van der Waals surface area contributed by atoms with Crippen LogP contribution in [0, 0.1) is 10.1 Å². The lowest BCUT2D eigenvalue weighted by molar-refractivity contribution is -0.382. The monoisotopic (exact) mass is 357 g/mol. The highest BCUT2D eigenvalue weighted by molar-refractivity contribution is 6.03. The fourth-order valence-electron chi connectivity index (χ4n) is 2.56. The molecule has 0 unspecified atom stereocenters. The zero-order chi connectivity index (χ0) is 18.8. The van der Waals surface area contributed by atoms with Gasteiger partial charge < -0.3 is 15.0 Å². The molecule has 26 heavy (non-hydrogen) atoms. The molecule has 1 N–H and O–H groups in total. The molecule has 0 aliphatic rings. The van der Waals surface area contributed by atoms with Crippen molar-refractivity contribution in [2.24, 2.45) is 0 Å². The predicted molar refractivity (Wildman–Crippen MR) is 93.8 cm³/mol. The average Bonchev–Trinajstić information content (AvgIpc) is 3.10. The highest BCUT2D eigenvalue weighted by atomic mass is 16.6. The number of methoxy groups -OCH3 is 1. The molecule has 0 aliphatic carbocycles. The molecule has 2 aromatic carbocycles. The van der Waals surface area contributed by atoms with E-state index < -0.39 is 10.9 Å². The number of ether oxygens (including phenoxy) is 1. The largest absolute Gasteiger partial charge is 0.465 e. The Morgan fingerprint density at radius 1 is 1.23 bits per heavy atom. The smallest absolute Gasteiger partial charge is 0.339 e. The Kier molecular flexibility index (Phi) is 4.40. The van der Waals surface area contributed by atoms with Gasteiger partial charge in [0.05, 0.1) is 29.0 Å². The molecule has 10 heteroatoms. The van der Waals surface area contributed by atoms with Gasteiger partial charge in [-0.3, -0.25) is 10.1 Å². The van der Waals surface area contributed by atoms with Crippen LogP contribution in [0.5, 0.6) is 0 Å². The molecule has 0 aliphatic heterocycles. The quantitative estimate of drug-likeness (QED) is 0.417. The number of hydrogen-bond acceptors (Lipinski definition) is 9. The minimum absolute atomic E-state index is 0.0132. The van der Waals surface area contributed by atoms with Crippen LogP contribution in [0.1, 0.15) is 10.4 Å². The number of esters is 1. The van der Waals surface area contributed by atoms with Gasteiger partial charge >= 0.3 is 11.7 Å². The van der Waals surface area contributed by atoms with Gasteiger partial charge in [-0.25, -0.2) is 9.42 Å². The number of rotatable bonds is 5. The van der Waals surface area contributed by atoms with E-state index in [1.807, 2.05) is 0 Å². The van der Waals surface area contributed by atoms with Crippen molar-refractivity contribution in [1.29, 1.82) is 0 Å². The maximum absolute atomic E-state index is 12.0. The first-order valence-electron chi connectivity index (χ1n) is 7.49. The number of carbonyl (C=O) groups is 1. The van der Waals surface area contributed by atoms with E-state index in [0.29, 0.717) is 22.6 Å². The molecule has 0 fully saturated rings. The van der Waals surface area contributed by atoms with Crippen LogP contribution < -0.4 is 10.2 Å². The number of benzene rings is 2. The second-order valence-electron chi connectivity index (χ2n) is 5.57. The van der Waals surface area contributed by atoms with Crippen molar-refractivity contribution in [3.63, 3.8) is 0 Å². The number of anilines is 3. The van der Waals surface area contributed by atoms with Crippen LogP contribution in [-0.2, 0) is 4.74 Å². The second-order valence-corrected chi connectivity index (χ2v) is 5.57. The second kappa shape index (κ2) is 6.67. The average molecular weight is 357 g/mol. The number of nitro groups is 1. The summed E-state index contributed by atoms with van der Waals surface area (Å²) < 4.78 is 9.49. The minimum atomic E-state index is -0.534. The van der Waals surface area contributed by atoms with Gasteiger partial charge in [-0.05, 0) is 28.5 Å². The first-order valence-corrected chi connectivity index (χ1v) is 7.49. The van der Waals surface area contributed by atoms with Crippen molar-refractivity contribution in [3.8, 4) is 0 Å². The van der Waals surface area contributed by atoms with E-state index in [9.17, 15) is 14.9 Å². The van der Waals surface area contributed by atoms with Gasteiger partial charge in [-0.2, -0.15) is 0 Å². The van der Waals surface area contributed by atoms with E-state index in [0.717, 1.165) is 0 Å². The Bertz CT molecular complexity index is 998. The van der Waals surface area contributed by atoms with Gasteiger partial charge in [0.15, 0.2) is 5.52 Å². The summed E-state index contributed by atoms with van der Waals surface area (Å²) in [5.74, 6) is -0.516. The Labute approximate surface area is 147 Å². The Balaban J connectivity index is 2.19. The molecule has 0 saturated carbocycles. The maximum Gasteiger partial charge on any atom is 0.339 e. The van der Waals surface area contributed by atoms with Crippen LogP contribution in [0.3, 0.4) is 0 Å². The summed E-state index contributed by atoms with van der Waals surface area (Å²) in [7, 11) is 4.64. The highest BCUT2D eigenvalue weighted by Gasteiger charge is 2.27. The lowest BCUT2D eigenvalue weighted by Gasteiger charge is -2.16. The summed E-state index contributed by atoms with van der Waals surface area (Å²) >= 11 is 0. The number of nitro benzene ring substituents is 1. The SMILES string of the molecule is COC(=O)c1ccccc1Nc1cc(N(C)C)c([N+](=O)[O-])c2nonc12. The van der Waals surface area contributed by atoms with Crippen LogP contribution in [0.15, 0.2) is 35.0 Å². The van der Waals surface area contributed by atoms with E-state index >= 15 is 0 Å². The van der Waals surface area contributed by atoms with Crippen LogP contribution in [0.4, 0.5) is 22.7 Å². The topological polar surface area (TPSA) is 124 Å². The molecule has 0 bridgehead atoms. The summed E-state index contributed by atoms with van der Waals surface area (Å²) in [6.07, 6.45) is 0. The van der Waals surface area contributed by atoms with E-state index in [1.54, 1.807) is 49.3 Å². The third-order valence-corrected chi connectivity index (χ3v) is 3.76. The van der Waals surface area contributed by atoms with Gasteiger partial charge in [-0.1, -0.05) is 12.1 Å². The summed E-state index contributed by atoms with van der Waals surface area (Å²) in [5, 5.41) is 22.0. The van der Waals surface area contributed by atoms with Crippen molar-refractivity contribution >= 4 is 39.8 Å². The molecule has 10 nitrogen and oxygen atoms in total. The van der Waals surface area contributed by atoms with Gasteiger partial charge in [0.25, 0.3) is 0 Å². The van der Waals surface area contributed by atoms with Gasteiger partial charge in [0.2, 0.25) is 5.52 Å². The molecule has 1 aromatic heterocycles. The number of carbonyl (C=O) groups excluding carboxylic acids is 1. The van der Waals surface area contributed by atoms with Crippen molar-refractivity contribution in [3.05, 3.63) is 46.0 Å². The van der Waals surface area contributed by atoms with Gasteiger partial charge in [0.1, 0.15) is 5.69 Å². The fourth-order valence-corrected chi connectivity index (χ4v) is 2.56. The predicted octanol–water partition coefficient (Wildman–Crippen LogP) is 2.73. The van der Waals surface area contributed by atoms with Crippen LogP contribution >= 0.6 is 0 Å². The molecule has 0 radical (unpaired) electrons. The Hall–Kier alpha value is -3.69. The van der Waals surface area contributed by atoms with E-state index in [1.165, 1.54) is 7.11 Å². The Morgan fingerprint density at radius 3 is 2.58 bits per heavy atom. The number of para-hydroxylation sites is 1. The van der Waals surface area contributed by atoms with Crippen LogP contribution in [0.25, 0.3) is 11.0 Å². The van der Waals surface area contributed by atoms with E-state index in [-0.39, 0.29) is 16.7 Å². The first-order chi connectivity index (χ1) is 12.4. The zero-order valence-corrected chi connectivity index (χ0v) is 14.2. The zero-order valence-electron chi connectivity index (χ0n) is 14.2. The Morgan fingerprint density at radius 2 is 1.92 bits per heavy atom. The van der Waals surface area contributed by atoms with Crippen molar-refractivity contribution in [2.45, 2.75) is 0 Å². The number of nitrogens with zero attached hydrogens (tertiary/aromatic N) is 4. The molecule has 0 spiro atoms. The molecule has 1 heterocycles. The van der Waals surface area contributed by atoms with Gasteiger partial charge in [-0.15, -0.1) is 0 Å². The van der Waals surface area contributed by atoms with Crippen molar-refractivity contribution < 1.29 is 19.1 Å². The molecule has 0 saturated heterocycles. The normalized spacial score (nSPS) is 10.6. The minimum Gasteiger partial charge on any atom is -0.465 e. The lowest BCUT2D eigenvalue weighted by Crippen LogP contribution is -2.12. The first kappa shape index (κ1) is 17.1. The number of fused-ring (bicyclic) bond motifs is 1. The standard InChI is InChI=1S/C16H15N5O5/c1-20(2)12-8-11(13-14(19-26-18-13)15(12)21(23)24)17-10-7-5-4-6-9(10)16(22)25-3/h4-8,17H,1-3H3. The highest BCUT2D eigenvalue weighted by Crippen LogP contribution is 2.39. The summed E-state index contributed by atoms with van der Waals surface area (Å²) in [6, 6.07) is 8.28. The maximum atomic E-state index is 12.0. The summed E-state index contributed by atoms with van der Waals surface area (Å²) in [4.78, 5) is 24.5. The third-order valence-electron chi connectivity index (χ3n) is 3.76. The van der Waals surface area contributed by atoms with Gasteiger partial charge in [0, 0.05) is 14.1 Å². The van der Waals surface area contributed by atoms with E-state index in [2.05, 4.69) is 15.6 Å². The fraction of sp³-hybridized carbons (Fsp3) is 0.188. The molecule has 3 rings (SSSR count). The molecule has 3 aromatic rings. The summed E-state index contributed by atoms with van der Waals surface area (Å²) in [6.45, 7) is 0.